The van der Waals surface area contributed by atoms with Crippen LogP contribution in [0.4, 0.5) is 11.4 Å². The van der Waals surface area contributed by atoms with Gasteiger partial charge in [0.05, 0.1) is 50.3 Å². The molecule has 1 saturated heterocycles. The topological polar surface area (TPSA) is 120 Å². The zero-order valence-electron chi connectivity index (χ0n) is 18.1. The van der Waals surface area contributed by atoms with Crippen LogP contribution in [0.25, 0.3) is 0 Å². The third kappa shape index (κ3) is 4.42. The Kier molecular flexibility index (Phi) is 6.78. The number of benzene rings is 2. The number of hydrogen-bond acceptors (Lipinski definition) is 8. The Morgan fingerprint density at radius 2 is 1.62 bits per heavy atom. The molecule has 0 saturated carbocycles. The van der Waals surface area contributed by atoms with Gasteiger partial charge in [-0.15, -0.1) is 0 Å². The molecule has 0 aliphatic carbocycles. The molecule has 0 atom stereocenters. The minimum atomic E-state index is -4.16. The van der Waals surface area contributed by atoms with Crippen molar-refractivity contribution >= 4 is 33.3 Å². The summed E-state index contributed by atoms with van der Waals surface area (Å²) in [6, 6.07) is 6.85. The second-order valence-electron chi connectivity index (χ2n) is 6.83. The maximum absolute atomic E-state index is 13.2. The van der Waals surface area contributed by atoms with Gasteiger partial charge in [0.25, 0.3) is 10.0 Å². The van der Waals surface area contributed by atoms with E-state index in [1.54, 1.807) is 0 Å². The van der Waals surface area contributed by atoms with Crippen molar-refractivity contribution in [2.24, 2.45) is 0 Å². The molecular weight excluding hydrogens is 440 g/mol. The predicted molar refractivity (Wildman–Crippen MR) is 116 cm³/mol. The highest BCUT2D eigenvalue weighted by molar-refractivity contribution is 7.92. The van der Waals surface area contributed by atoms with Crippen molar-refractivity contribution in [2.45, 2.75) is 17.7 Å². The van der Waals surface area contributed by atoms with Gasteiger partial charge in [-0.05, 0) is 24.6 Å². The molecule has 2 aromatic rings. The standard InChI is InChI=1S/C21H24N2O8S/c1-28-17-8-7-13(10-16(17)23-9-5-6-20(23)24)32(26,27)22-15-12-19(30-3)18(29-2)11-14(15)21(25)31-4/h7-8,10-12,22H,5-6,9H2,1-4H3. The van der Waals surface area contributed by atoms with Crippen molar-refractivity contribution in [2.75, 3.05) is 44.6 Å². The van der Waals surface area contributed by atoms with E-state index in [0.717, 1.165) is 0 Å². The van der Waals surface area contributed by atoms with Crippen LogP contribution in [0, 0.1) is 0 Å². The maximum Gasteiger partial charge on any atom is 0.340 e. The average Bonchev–Trinajstić information content (AvgIpc) is 3.23. The monoisotopic (exact) mass is 464 g/mol. The lowest BCUT2D eigenvalue weighted by molar-refractivity contribution is -0.117. The normalized spacial score (nSPS) is 13.6. The van der Waals surface area contributed by atoms with E-state index >= 15 is 0 Å². The first-order valence-electron chi connectivity index (χ1n) is 9.61. The van der Waals surface area contributed by atoms with E-state index in [4.69, 9.17) is 18.9 Å². The first kappa shape index (κ1) is 23.2. The van der Waals surface area contributed by atoms with Gasteiger partial charge >= 0.3 is 5.97 Å². The lowest BCUT2D eigenvalue weighted by atomic mass is 10.1. The smallest absolute Gasteiger partial charge is 0.340 e. The summed E-state index contributed by atoms with van der Waals surface area (Å²) in [5.41, 5.74) is 0.250. The molecule has 1 N–H and O–H groups in total. The largest absolute Gasteiger partial charge is 0.495 e. The zero-order valence-corrected chi connectivity index (χ0v) is 18.9. The van der Waals surface area contributed by atoms with Crippen molar-refractivity contribution < 1.29 is 37.0 Å². The summed E-state index contributed by atoms with van der Waals surface area (Å²) >= 11 is 0. The number of nitrogens with zero attached hydrogens (tertiary/aromatic N) is 1. The average molecular weight is 464 g/mol. The molecule has 0 unspecified atom stereocenters. The molecule has 1 amide bonds. The molecule has 1 heterocycles. The number of carbonyl (C=O) groups is 2. The Bertz CT molecular complexity index is 1150. The molecule has 11 heteroatoms. The van der Waals surface area contributed by atoms with Crippen molar-refractivity contribution in [3.63, 3.8) is 0 Å². The molecule has 10 nitrogen and oxygen atoms in total. The molecule has 0 spiro atoms. The van der Waals surface area contributed by atoms with Crippen LogP contribution in [-0.2, 0) is 19.6 Å². The van der Waals surface area contributed by atoms with Crippen LogP contribution in [0.15, 0.2) is 35.2 Å². The number of hydrogen-bond donors (Lipinski definition) is 1. The van der Waals surface area contributed by atoms with Crippen LogP contribution in [0.2, 0.25) is 0 Å². The van der Waals surface area contributed by atoms with Gasteiger partial charge in [-0.1, -0.05) is 0 Å². The molecule has 1 aliphatic heterocycles. The quantitative estimate of drug-likeness (QED) is 0.592. The van der Waals surface area contributed by atoms with E-state index in [1.165, 1.54) is 63.7 Å². The summed E-state index contributed by atoms with van der Waals surface area (Å²) in [6.07, 6.45) is 1.05. The Hall–Kier alpha value is -3.47. The van der Waals surface area contributed by atoms with Gasteiger partial charge in [-0.2, -0.15) is 0 Å². The fourth-order valence-electron chi connectivity index (χ4n) is 3.40. The molecule has 0 aromatic heterocycles. The Morgan fingerprint density at radius 3 is 2.19 bits per heavy atom. The van der Waals surface area contributed by atoms with Gasteiger partial charge in [0.2, 0.25) is 5.91 Å². The number of carbonyl (C=O) groups excluding carboxylic acids is 2. The van der Waals surface area contributed by atoms with Crippen LogP contribution in [-0.4, -0.2) is 55.3 Å². The van der Waals surface area contributed by atoms with E-state index in [1.807, 2.05) is 0 Å². The summed E-state index contributed by atoms with van der Waals surface area (Å²) in [6.45, 7) is 0.467. The van der Waals surface area contributed by atoms with Crippen molar-refractivity contribution in [3.8, 4) is 17.2 Å². The predicted octanol–water partition coefficient (Wildman–Crippen LogP) is 2.43. The molecule has 1 fully saturated rings. The van der Waals surface area contributed by atoms with Crippen molar-refractivity contribution in [1.29, 1.82) is 0 Å². The van der Waals surface area contributed by atoms with E-state index in [2.05, 4.69) is 4.72 Å². The van der Waals surface area contributed by atoms with Crippen LogP contribution in [0.3, 0.4) is 0 Å². The van der Waals surface area contributed by atoms with Gasteiger partial charge in [-0.3, -0.25) is 9.52 Å². The minimum Gasteiger partial charge on any atom is -0.495 e. The second kappa shape index (κ2) is 9.35. The summed E-state index contributed by atoms with van der Waals surface area (Å²) in [5.74, 6) is -0.0490. The highest BCUT2D eigenvalue weighted by Gasteiger charge is 2.28. The molecule has 3 rings (SSSR count). The number of nitrogens with one attached hydrogen (secondary N) is 1. The Labute approximate surface area is 186 Å². The first-order valence-corrected chi connectivity index (χ1v) is 11.1. The molecule has 1 aliphatic rings. The number of sulfonamides is 1. The fourth-order valence-corrected chi connectivity index (χ4v) is 4.49. The summed E-state index contributed by atoms with van der Waals surface area (Å²) in [5, 5.41) is 0. The minimum absolute atomic E-state index is 0.0517. The SMILES string of the molecule is COC(=O)c1cc(OC)c(OC)cc1NS(=O)(=O)c1ccc(OC)c(N2CCCC2=O)c1. The summed E-state index contributed by atoms with van der Waals surface area (Å²) in [7, 11) is 1.23. The van der Waals surface area contributed by atoms with E-state index in [0.29, 0.717) is 30.8 Å². The van der Waals surface area contributed by atoms with Crippen molar-refractivity contribution in [1.82, 2.24) is 0 Å². The molecule has 2 aromatic carbocycles. The summed E-state index contributed by atoms with van der Waals surface area (Å²) < 4.78 is 49.3. The van der Waals surface area contributed by atoms with Gasteiger partial charge in [0.15, 0.2) is 11.5 Å². The third-order valence-electron chi connectivity index (χ3n) is 5.00. The zero-order chi connectivity index (χ0) is 23.5. The number of esters is 1. The maximum atomic E-state index is 13.2. The first-order chi connectivity index (χ1) is 15.2. The lowest BCUT2D eigenvalue weighted by Crippen LogP contribution is -2.25. The summed E-state index contributed by atoms with van der Waals surface area (Å²) in [4.78, 5) is 25.8. The van der Waals surface area contributed by atoms with Crippen LogP contribution in [0.5, 0.6) is 17.2 Å². The number of methoxy groups -OCH3 is 4. The number of amides is 1. The Balaban J connectivity index is 2.06. The van der Waals surface area contributed by atoms with Gasteiger partial charge in [0.1, 0.15) is 5.75 Å². The van der Waals surface area contributed by atoms with E-state index in [9.17, 15) is 18.0 Å². The van der Waals surface area contributed by atoms with Crippen LogP contribution >= 0.6 is 0 Å². The molecule has 0 bridgehead atoms. The van der Waals surface area contributed by atoms with Gasteiger partial charge < -0.3 is 23.8 Å². The molecule has 172 valence electrons. The fraction of sp³-hybridized carbons (Fsp3) is 0.333. The molecule has 32 heavy (non-hydrogen) atoms. The van der Waals surface area contributed by atoms with Gasteiger partial charge in [0, 0.05) is 25.1 Å². The molecule has 0 radical (unpaired) electrons. The number of rotatable bonds is 8. The number of ether oxygens (including phenoxy) is 4. The molecular formula is C21H24N2O8S. The lowest BCUT2D eigenvalue weighted by Gasteiger charge is -2.20. The van der Waals surface area contributed by atoms with E-state index < -0.39 is 16.0 Å². The number of anilines is 2. The third-order valence-corrected chi connectivity index (χ3v) is 6.36. The van der Waals surface area contributed by atoms with E-state index in [-0.39, 0.29) is 33.6 Å². The second-order valence-corrected chi connectivity index (χ2v) is 8.51. The van der Waals surface area contributed by atoms with Crippen molar-refractivity contribution in [3.05, 3.63) is 35.9 Å². The van der Waals surface area contributed by atoms with Gasteiger partial charge in [-0.25, -0.2) is 13.2 Å². The van der Waals surface area contributed by atoms with Crippen LogP contribution in [0.1, 0.15) is 23.2 Å². The Morgan fingerprint density at radius 1 is 0.969 bits per heavy atom. The highest BCUT2D eigenvalue weighted by atomic mass is 32.2. The highest BCUT2D eigenvalue weighted by Crippen LogP contribution is 2.37. The van der Waals surface area contributed by atoms with Crippen LogP contribution < -0.4 is 23.8 Å².